The molecule has 1 aliphatic heterocycles. The minimum absolute atomic E-state index is 0.372. The topological polar surface area (TPSA) is 21.3 Å². The summed E-state index contributed by atoms with van der Waals surface area (Å²) in [5.74, 6) is 0. The third kappa shape index (κ3) is 2.12. The summed E-state index contributed by atoms with van der Waals surface area (Å²) in [6.07, 6.45) is 7.31. The molecule has 0 radical (unpaired) electrons. The van der Waals surface area contributed by atoms with E-state index in [1.165, 1.54) is 38.6 Å². The Balaban J connectivity index is 1.99. The molecule has 2 atom stereocenters. The van der Waals surface area contributed by atoms with Crippen molar-refractivity contribution in [1.82, 2.24) is 5.32 Å². The predicted molar refractivity (Wildman–Crippen MR) is 58.4 cm³/mol. The molecule has 82 valence electrons. The molecule has 1 saturated carbocycles. The van der Waals surface area contributed by atoms with E-state index in [1.54, 1.807) is 0 Å². The predicted octanol–water partition coefficient (Wildman–Crippen LogP) is 2.33. The molecule has 1 heterocycles. The molecule has 2 rings (SSSR count). The van der Waals surface area contributed by atoms with Gasteiger partial charge in [0.1, 0.15) is 0 Å². The molecular formula is C12H23NO. The van der Waals surface area contributed by atoms with Gasteiger partial charge in [-0.1, -0.05) is 19.3 Å². The van der Waals surface area contributed by atoms with E-state index in [0.29, 0.717) is 17.6 Å². The maximum atomic E-state index is 5.95. The normalized spacial score (nSPS) is 38.1. The van der Waals surface area contributed by atoms with Crippen LogP contribution in [0.15, 0.2) is 0 Å². The van der Waals surface area contributed by atoms with Crippen molar-refractivity contribution >= 4 is 0 Å². The van der Waals surface area contributed by atoms with Gasteiger partial charge < -0.3 is 10.1 Å². The fourth-order valence-electron chi connectivity index (χ4n) is 2.67. The van der Waals surface area contributed by atoms with E-state index in [9.17, 15) is 0 Å². The Morgan fingerprint density at radius 2 is 1.86 bits per heavy atom. The first-order valence-corrected chi connectivity index (χ1v) is 6.07. The van der Waals surface area contributed by atoms with Gasteiger partial charge in [-0.05, 0) is 26.7 Å². The first-order valence-electron chi connectivity index (χ1n) is 6.07. The van der Waals surface area contributed by atoms with Gasteiger partial charge in [-0.15, -0.1) is 0 Å². The molecule has 14 heavy (non-hydrogen) atoms. The highest BCUT2D eigenvalue weighted by Crippen LogP contribution is 2.37. The third-order valence-electron chi connectivity index (χ3n) is 4.07. The van der Waals surface area contributed by atoms with E-state index in [0.717, 1.165) is 6.61 Å². The van der Waals surface area contributed by atoms with Gasteiger partial charge in [-0.25, -0.2) is 0 Å². The Morgan fingerprint density at radius 1 is 1.14 bits per heavy atom. The Labute approximate surface area is 87.4 Å². The molecule has 0 aromatic rings. The second kappa shape index (κ2) is 4.19. The average Bonchev–Trinajstić information content (AvgIpc) is 2.35. The molecule has 0 bridgehead atoms. The minimum Gasteiger partial charge on any atom is -0.376 e. The van der Waals surface area contributed by atoms with Crippen molar-refractivity contribution in [1.29, 1.82) is 0 Å². The number of hydrogen-bond acceptors (Lipinski definition) is 2. The van der Waals surface area contributed by atoms with Crippen LogP contribution in [0.25, 0.3) is 0 Å². The molecule has 1 spiro atoms. The molecule has 0 amide bonds. The van der Waals surface area contributed by atoms with E-state index in [4.69, 9.17) is 4.74 Å². The van der Waals surface area contributed by atoms with E-state index in [2.05, 4.69) is 19.2 Å². The quantitative estimate of drug-likeness (QED) is 0.643. The molecule has 1 aliphatic carbocycles. The van der Waals surface area contributed by atoms with Crippen molar-refractivity contribution < 1.29 is 4.74 Å². The van der Waals surface area contributed by atoms with Crippen LogP contribution in [-0.4, -0.2) is 25.3 Å². The second-order valence-electron chi connectivity index (χ2n) is 5.25. The van der Waals surface area contributed by atoms with Crippen LogP contribution in [0, 0.1) is 5.41 Å². The molecule has 2 unspecified atom stereocenters. The van der Waals surface area contributed by atoms with Crippen molar-refractivity contribution in [3.05, 3.63) is 0 Å². The van der Waals surface area contributed by atoms with Crippen molar-refractivity contribution in [3.8, 4) is 0 Å². The zero-order valence-electron chi connectivity index (χ0n) is 9.51. The lowest BCUT2D eigenvalue weighted by Crippen LogP contribution is -2.40. The second-order valence-corrected chi connectivity index (χ2v) is 5.25. The summed E-state index contributed by atoms with van der Waals surface area (Å²) >= 11 is 0. The van der Waals surface area contributed by atoms with Crippen LogP contribution in [0.3, 0.4) is 0 Å². The SMILES string of the molecule is CC1NCC2(CCCCC2)COC1C. The molecule has 1 saturated heterocycles. The van der Waals surface area contributed by atoms with Crippen LogP contribution < -0.4 is 5.32 Å². The van der Waals surface area contributed by atoms with Crippen LogP contribution in [0.4, 0.5) is 0 Å². The zero-order valence-corrected chi connectivity index (χ0v) is 9.51. The first kappa shape index (κ1) is 10.4. The first-order chi connectivity index (χ1) is 6.72. The van der Waals surface area contributed by atoms with E-state index < -0.39 is 0 Å². The average molecular weight is 197 g/mol. The van der Waals surface area contributed by atoms with Crippen LogP contribution in [-0.2, 0) is 4.74 Å². The Bertz CT molecular complexity index is 173. The van der Waals surface area contributed by atoms with Gasteiger partial charge in [0.25, 0.3) is 0 Å². The van der Waals surface area contributed by atoms with Crippen molar-refractivity contribution in [2.24, 2.45) is 5.41 Å². The summed E-state index contributed by atoms with van der Waals surface area (Å²) in [5, 5.41) is 3.63. The smallest absolute Gasteiger partial charge is 0.0697 e. The van der Waals surface area contributed by atoms with Gasteiger partial charge in [0, 0.05) is 18.0 Å². The summed E-state index contributed by atoms with van der Waals surface area (Å²) in [7, 11) is 0. The van der Waals surface area contributed by atoms with Gasteiger partial charge in [0.05, 0.1) is 12.7 Å². The van der Waals surface area contributed by atoms with Crippen LogP contribution in [0.1, 0.15) is 46.0 Å². The van der Waals surface area contributed by atoms with Crippen molar-refractivity contribution in [2.45, 2.75) is 58.1 Å². The Hall–Kier alpha value is -0.0800. The number of ether oxygens (including phenoxy) is 1. The van der Waals surface area contributed by atoms with Gasteiger partial charge in [0.2, 0.25) is 0 Å². The van der Waals surface area contributed by atoms with Crippen LogP contribution >= 0.6 is 0 Å². The summed E-state index contributed by atoms with van der Waals surface area (Å²) < 4.78 is 5.95. The van der Waals surface area contributed by atoms with Crippen LogP contribution in [0.5, 0.6) is 0 Å². The molecule has 1 N–H and O–H groups in total. The summed E-state index contributed by atoms with van der Waals surface area (Å²) in [4.78, 5) is 0. The molecule has 2 fully saturated rings. The number of hydrogen-bond donors (Lipinski definition) is 1. The van der Waals surface area contributed by atoms with E-state index in [1.807, 2.05) is 0 Å². The Kier molecular flexibility index (Phi) is 3.13. The van der Waals surface area contributed by atoms with Gasteiger partial charge in [-0.2, -0.15) is 0 Å². The largest absolute Gasteiger partial charge is 0.376 e. The maximum Gasteiger partial charge on any atom is 0.0697 e. The van der Waals surface area contributed by atoms with Gasteiger partial charge in [-0.3, -0.25) is 0 Å². The summed E-state index contributed by atoms with van der Waals surface area (Å²) in [6.45, 7) is 6.55. The highest BCUT2D eigenvalue weighted by atomic mass is 16.5. The zero-order chi connectivity index (χ0) is 10.0. The molecule has 2 nitrogen and oxygen atoms in total. The Morgan fingerprint density at radius 3 is 2.57 bits per heavy atom. The van der Waals surface area contributed by atoms with Crippen molar-refractivity contribution in [2.75, 3.05) is 13.2 Å². The fraction of sp³-hybridized carbons (Fsp3) is 1.00. The third-order valence-corrected chi connectivity index (χ3v) is 4.07. The standard InChI is InChI=1S/C12H23NO/c1-10-11(2)14-9-12(8-13-10)6-4-3-5-7-12/h10-11,13H,3-9H2,1-2H3. The van der Waals surface area contributed by atoms with Crippen molar-refractivity contribution in [3.63, 3.8) is 0 Å². The minimum atomic E-state index is 0.372. The molecular weight excluding hydrogens is 174 g/mol. The van der Waals surface area contributed by atoms with E-state index in [-0.39, 0.29) is 0 Å². The fourth-order valence-corrected chi connectivity index (χ4v) is 2.67. The lowest BCUT2D eigenvalue weighted by atomic mass is 9.74. The molecule has 2 aliphatic rings. The number of nitrogens with one attached hydrogen (secondary N) is 1. The van der Waals surface area contributed by atoms with E-state index >= 15 is 0 Å². The molecule has 2 heteroatoms. The van der Waals surface area contributed by atoms with Gasteiger partial charge in [0.15, 0.2) is 0 Å². The lowest BCUT2D eigenvalue weighted by molar-refractivity contribution is -0.000630. The number of rotatable bonds is 0. The maximum absolute atomic E-state index is 5.95. The van der Waals surface area contributed by atoms with Crippen LogP contribution in [0.2, 0.25) is 0 Å². The summed E-state index contributed by atoms with van der Waals surface area (Å²) in [6, 6.07) is 0.510. The highest BCUT2D eigenvalue weighted by Gasteiger charge is 2.35. The lowest BCUT2D eigenvalue weighted by Gasteiger charge is -2.35. The highest BCUT2D eigenvalue weighted by molar-refractivity contribution is 4.89. The van der Waals surface area contributed by atoms with Gasteiger partial charge >= 0.3 is 0 Å². The summed E-state index contributed by atoms with van der Waals surface area (Å²) in [5.41, 5.74) is 0.470. The monoisotopic (exact) mass is 197 g/mol. The molecule has 0 aromatic carbocycles. The molecule has 0 aromatic heterocycles.